The first-order valence-corrected chi connectivity index (χ1v) is 11.1. The van der Waals surface area contributed by atoms with Gasteiger partial charge in [0.25, 0.3) is 5.91 Å². The lowest BCUT2D eigenvalue weighted by atomic mass is 9.94. The molecule has 1 aromatic carbocycles. The molecule has 0 unspecified atom stereocenters. The monoisotopic (exact) mass is 400 g/mol. The van der Waals surface area contributed by atoms with E-state index in [9.17, 15) is 9.59 Å². The second-order valence-electron chi connectivity index (χ2n) is 8.35. The van der Waals surface area contributed by atoms with Crippen LogP contribution < -0.4 is 0 Å². The van der Waals surface area contributed by atoms with Crippen LogP contribution in [0.1, 0.15) is 42.6 Å². The van der Waals surface area contributed by atoms with Crippen molar-refractivity contribution in [2.75, 3.05) is 59.4 Å². The van der Waals surface area contributed by atoms with Gasteiger partial charge in [0, 0.05) is 57.3 Å². The van der Waals surface area contributed by atoms with Gasteiger partial charge in [0.1, 0.15) is 0 Å². The molecule has 6 heteroatoms. The summed E-state index contributed by atoms with van der Waals surface area (Å²) in [6.07, 6.45) is 1.55. The van der Waals surface area contributed by atoms with Crippen molar-refractivity contribution in [1.29, 1.82) is 0 Å². The Hall–Kier alpha value is -1.92. The highest BCUT2D eigenvalue weighted by molar-refractivity contribution is 5.94. The number of nitrogens with zero attached hydrogens (tertiary/aromatic N) is 4. The van der Waals surface area contributed by atoms with Crippen LogP contribution in [0, 0.1) is 5.92 Å². The summed E-state index contributed by atoms with van der Waals surface area (Å²) in [5.74, 6) is 0.440. The van der Waals surface area contributed by atoms with Gasteiger partial charge in [-0.1, -0.05) is 26.0 Å². The molecule has 0 N–H and O–H groups in total. The molecular weight excluding hydrogens is 364 g/mol. The quantitative estimate of drug-likeness (QED) is 0.734. The van der Waals surface area contributed by atoms with Gasteiger partial charge in [-0.3, -0.25) is 14.5 Å². The van der Waals surface area contributed by atoms with Crippen molar-refractivity contribution in [2.24, 2.45) is 5.92 Å². The molecule has 6 nitrogen and oxygen atoms in total. The van der Waals surface area contributed by atoms with Gasteiger partial charge in [-0.15, -0.1) is 0 Å². The molecule has 0 radical (unpaired) electrons. The molecule has 3 rings (SSSR count). The van der Waals surface area contributed by atoms with Gasteiger partial charge in [0.15, 0.2) is 0 Å². The van der Waals surface area contributed by atoms with E-state index in [1.54, 1.807) is 0 Å². The molecule has 2 aliphatic heterocycles. The molecule has 2 amide bonds. The lowest BCUT2D eigenvalue weighted by Gasteiger charge is -2.37. The minimum atomic E-state index is 0.0684. The Labute approximate surface area is 175 Å². The normalized spacial score (nSPS) is 19.0. The number of piperazine rings is 1. The molecular formula is C23H36N4O2. The molecule has 29 heavy (non-hydrogen) atoms. The van der Waals surface area contributed by atoms with Crippen molar-refractivity contribution in [2.45, 2.75) is 33.2 Å². The Morgan fingerprint density at radius 3 is 2.03 bits per heavy atom. The summed E-state index contributed by atoms with van der Waals surface area (Å²) < 4.78 is 0. The third kappa shape index (κ3) is 5.58. The van der Waals surface area contributed by atoms with E-state index in [-0.39, 0.29) is 17.7 Å². The first-order chi connectivity index (χ1) is 14.0. The van der Waals surface area contributed by atoms with E-state index in [0.717, 1.165) is 64.2 Å². The van der Waals surface area contributed by atoms with Gasteiger partial charge in [0.2, 0.25) is 5.91 Å². The van der Waals surface area contributed by atoms with E-state index in [1.165, 1.54) is 5.56 Å². The zero-order chi connectivity index (χ0) is 20.8. The summed E-state index contributed by atoms with van der Waals surface area (Å²) in [6.45, 7) is 12.2. The van der Waals surface area contributed by atoms with Crippen molar-refractivity contribution in [3.63, 3.8) is 0 Å². The second-order valence-corrected chi connectivity index (χ2v) is 8.35. The van der Waals surface area contributed by atoms with Gasteiger partial charge >= 0.3 is 0 Å². The summed E-state index contributed by atoms with van der Waals surface area (Å²) in [5, 5.41) is 0. The van der Waals surface area contributed by atoms with Crippen molar-refractivity contribution in [3.8, 4) is 0 Å². The SMILES string of the molecule is CCN(CC)Cc1ccc(C(=O)N2CCC(C(=O)N3CCN(C)CC3)CC2)cc1. The van der Waals surface area contributed by atoms with Crippen molar-refractivity contribution in [1.82, 2.24) is 19.6 Å². The summed E-state index contributed by atoms with van der Waals surface area (Å²) in [4.78, 5) is 34.2. The lowest BCUT2D eigenvalue weighted by Crippen LogP contribution is -2.51. The van der Waals surface area contributed by atoms with Gasteiger partial charge in [0.05, 0.1) is 0 Å². The number of piperidine rings is 1. The highest BCUT2D eigenvalue weighted by atomic mass is 16.2. The van der Waals surface area contributed by atoms with E-state index < -0.39 is 0 Å². The number of hydrogen-bond acceptors (Lipinski definition) is 4. The van der Waals surface area contributed by atoms with Gasteiger partial charge < -0.3 is 14.7 Å². The van der Waals surface area contributed by atoms with E-state index in [1.807, 2.05) is 21.9 Å². The Morgan fingerprint density at radius 2 is 1.48 bits per heavy atom. The number of amides is 2. The largest absolute Gasteiger partial charge is 0.340 e. The summed E-state index contributed by atoms with van der Waals surface area (Å²) in [6, 6.07) is 8.02. The highest BCUT2D eigenvalue weighted by Gasteiger charge is 2.31. The van der Waals surface area contributed by atoms with Gasteiger partial charge in [-0.05, 0) is 50.7 Å². The first-order valence-electron chi connectivity index (χ1n) is 11.1. The smallest absolute Gasteiger partial charge is 0.253 e. The molecule has 0 saturated carbocycles. The molecule has 1 aromatic rings. The van der Waals surface area contributed by atoms with Crippen LogP contribution in [-0.4, -0.2) is 90.8 Å². The van der Waals surface area contributed by atoms with E-state index in [0.29, 0.717) is 13.1 Å². The van der Waals surface area contributed by atoms with E-state index >= 15 is 0 Å². The third-order valence-electron chi connectivity index (χ3n) is 6.45. The van der Waals surface area contributed by atoms with Crippen LogP contribution in [0.3, 0.4) is 0 Å². The van der Waals surface area contributed by atoms with Crippen LogP contribution in [0.2, 0.25) is 0 Å². The predicted octanol–water partition coefficient (Wildman–Crippen LogP) is 2.15. The molecule has 0 bridgehead atoms. The minimum absolute atomic E-state index is 0.0684. The molecule has 2 fully saturated rings. The number of carbonyl (C=O) groups excluding carboxylic acids is 2. The van der Waals surface area contributed by atoms with Crippen LogP contribution in [-0.2, 0) is 11.3 Å². The lowest BCUT2D eigenvalue weighted by molar-refractivity contribution is -0.138. The maximum atomic E-state index is 12.9. The van der Waals surface area contributed by atoms with Gasteiger partial charge in [-0.2, -0.15) is 0 Å². The van der Waals surface area contributed by atoms with Crippen LogP contribution in [0.4, 0.5) is 0 Å². The summed E-state index contributed by atoms with van der Waals surface area (Å²) >= 11 is 0. The first kappa shape index (κ1) is 21.8. The zero-order valence-electron chi connectivity index (χ0n) is 18.3. The fourth-order valence-electron chi connectivity index (χ4n) is 4.26. The third-order valence-corrected chi connectivity index (χ3v) is 6.45. The van der Waals surface area contributed by atoms with E-state index in [4.69, 9.17) is 0 Å². The fraction of sp³-hybridized carbons (Fsp3) is 0.652. The molecule has 2 heterocycles. The summed E-state index contributed by atoms with van der Waals surface area (Å²) in [5.41, 5.74) is 1.99. The zero-order valence-corrected chi connectivity index (χ0v) is 18.3. The number of carbonyl (C=O) groups is 2. The molecule has 2 aliphatic rings. The minimum Gasteiger partial charge on any atom is -0.340 e. The van der Waals surface area contributed by atoms with Crippen LogP contribution >= 0.6 is 0 Å². The van der Waals surface area contributed by atoms with Crippen molar-refractivity contribution < 1.29 is 9.59 Å². The maximum absolute atomic E-state index is 12.9. The Morgan fingerprint density at radius 1 is 0.897 bits per heavy atom. The molecule has 0 atom stereocenters. The molecule has 0 spiro atoms. The van der Waals surface area contributed by atoms with Crippen LogP contribution in [0.15, 0.2) is 24.3 Å². The molecule has 0 aliphatic carbocycles. The van der Waals surface area contributed by atoms with Crippen LogP contribution in [0.5, 0.6) is 0 Å². The number of hydrogen-bond donors (Lipinski definition) is 0. The van der Waals surface area contributed by atoms with Crippen molar-refractivity contribution in [3.05, 3.63) is 35.4 Å². The second kappa shape index (κ2) is 10.2. The van der Waals surface area contributed by atoms with E-state index in [2.05, 4.69) is 42.8 Å². The van der Waals surface area contributed by atoms with Crippen molar-refractivity contribution >= 4 is 11.8 Å². The molecule has 2 saturated heterocycles. The Bertz CT molecular complexity index is 671. The maximum Gasteiger partial charge on any atom is 0.253 e. The topological polar surface area (TPSA) is 47.1 Å². The number of likely N-dealkylation sites (N-methyl/N-ethyl adjacent to an activating group) is 1. The Kier molecular flexibility index (Phi) is 7.67. The number of rotatable bonds is 6. The predicted molar refractivity (Wildman–Crippen MR) is 116 cm³/mol. The summed E-state index contributed by atoms with van der Waals surface area (Å²) in [7, 11) is 2.10. The highest BCUT2D eigenvalue weighted by Crippen LogP contribution is 2.22. The number of benzene rings is 1. The molecule has 0 aromatic heterocycles. The Balaban J connectivity index is 1.50. The molecule has 160 valence electrons. The number of likely N-dealkylation sites (tertiary alicyclic amines) is 1. The standard InChI is InChI=1S/C23H36N4O2/c1-4-25(5-2)18-19-6-8-20(9-7-19)22(28)26-12-10-21(11-13-26)23(29)27-16-14-24(3)15-17-27/h6-9,21H,4-5,10-18H2,1-3H3. The van der Waals surface area contributed by atoms with Gasteiger partial charge in [-0.25, -0.2) is 0 Å². The average molecular weight is 401 g/mol. The fourth-order valence-corrected chi connectivity index (χ4v) is 4.26. The average Bonchev–Trinajstić information content (AvgIpc) is 2.77. The van der Waals surface area contributed by atoms with Crippen LogP contribution in [0.25, 0.3) is 0 Å².